The third kappa shape index (κ3) is 2.65. The summed E-state index contributed by atoms with van der Waals surface area (Å²) in [6.45, 7) is -0.407. The van der Waals surface area contributed by atoms with E-state index in [0.717, 1.165) is 17.8 Å². The minimum Gasteiger partial charge on any atom is -0.394 e. The van der Waals surface area contributed by atoms with Crippen molar-refractivity contribution in [1.29, 1.82) is 0 Å². The number of thioether (sulfide) groups is 1. The number of aliphatic hydroxyl groups excluding tert-OH is 3. The van der Waals surface area contributed by atoms with E-state index in [9.17, 15) is 15.0 Å². The smallest absolute Gasteiger partial charge is 0.253 e. The summed E-state index contributed by atoms with van der Waals surface area (Å²) in [6.07, 6.45) is -3.22. The van der Waals surface area contributed by atoms with Crippen molar-refractivity contribution in [2.45, 2.75) is 28.9 Å². The Hall–Kier alpha value is -1.13. The van der Waals surface area contributed by atoms with Gasteiger partial charge in [0.2, 0.25) is 0 Å². The van der Waals surface area contributed by atoms with Crippen LogP contribution in [0.5, 0.6) is 0 Å². The van der Waals surface area contributed by atoms with E-state index in [-0.39, 0.29) is 11.0 Å². The fourth-order valence-electron chi connectivity index (χ4n) is 1.58. The quantitative estimate of drug-likeness (QED) is 0.394. The van der Waals surface area contributed by atoms with Crippen LogP contribution in [-0.4, -0.2) is 55.6 Å². The Morgan fingerprint density at radius 2 is 2.22 bits per heavy atom. The van der Waals surface area contributed by atoms with E-state index in [1.165, 1.54) is 0 Å². The molecule has 2 heterocycles. The Bertz CT molecular complexity index is 482. The van der Waals surface area contributed by atoms with Gasteiger partial charge in [0.1, 0.15) is 29.6 Å². The molecule has 0 spiro atoms. The fourth-order valence-corrected chi connectivity index (χ4v) is 2.62. The van der Waals surface area contributed by atoms with E-state index in [1.807, 2.05) is 0 Å². The van der Waals surface area contributed by atoms with Crippen LogP contribution in [0, 0.1) is 0 Å². The third-order valence-electron chi connectivity index (χ3n) is 2.47. The average molecular weight is 275 g/mol. The lowest BCUT2D eigenvalue weighted by Gasteiger charge is -2.13. The molecule has 0 aromatic carbocycles. The summed E-state index contributed by atoms with van der Waals surface area (Å²) in [5, 5.41) is 28.4. The summed E-state index contributed by atoms with van der Waals surface area (Å²) < 4.78 is 5.23. The Morgan fingerprint density at radius 1 is 1.50 bits per heavy atom. The lowest BCUT2D eigenvalue weighted by atomic mass is 10.2. The van der Waals surface area contributed by atoms with Crippen LogP contribution in [0.15, 0.2) is 16.0 Å². The van der Waals surface area contributed by atoms with Crippen LogP contribution in [0.1, 0.15) is 0 Å². The Morgan fingerprint density at radius 3 is 2.78 bits per heavy atom. The van der Waals surface area contributed by atoms with Gasteiger partial charge in [0, 0.05) is 6.07 Å². The summed E-state index contributed by atoms with van der Waals surface area (Å²) in [7, 11) is 0. The normalized spacial score (nSPS) is 31.7. The van der Waals surface area contributed by atoms with Gasteiger partial charge >= 0.3 is 0 Å². The molecule has 2 rings (SSSR count). The van der Waals surface area contributed by atoms with Crippen molar-refractivity contribution in [3.05, 3.63) is 16.4 Å². The zero-order valence-electron chi connectivity index (χ0n) is 9.18. The number of aromatic nitrogens is 2. The minimum atomic E-state index is -1.18. The van der Waals surface area contributed by atoms with Crippen LogP contribution >= 0.6 is 11.8 Å². The molecule has 1 aromatic rings. The second-order valence-electron chi connectivity index (χ2n) is 3.80. The van der Waals surface area contributed by atoms with Crippen molar-refractivity contribution in [1.82, 2.24) is 9.97 Å². The number of H-pyrrole nitrogens is 1. The van der Waals surface area contributed by atoms with E-state index < -0.39 is 35.9 Å². The lowest BCUT2D eigenvalue weighted by Crippen LogP contribution is -2.33. The largest absolute Gasteiger partial charge is 0.394 e. The minimum absolute atomic E-state index is 0.0491. The predicted molar refractivity (Wildman–Crippen MR) is 62.9 cm³/mol. The van der Waals surface area contributed by atoms with Gasteiger partial charge in [0.05, 0.1) is 6.61 Å². The molecule has 8 nitrogen and oxygen atoms in total. The van der Waals surface area contributed by atoms with Crippen molar-refractivity contribution in [3.8, 4) is 0 Å². The van der Waals surface area contributed by atoms with E-state index in [4.69, 9.17) is 15.6 Å². The Kier molecular flexibility index (Phi) is 3.88. The monoisotopic (exact) mass is 275 g/mol. The predicted octanol–water partition coefficient (Wildman–Crippen LogP) is -2.12. The Balaban J connectivity index is 2.12. The van der Waals surface area contributed by atoms with Gasteiger partial charge in [-0.05, 0) is 0 Å². The second kappa shape index (κ2) is 5.24. The highest BCUT2D eigenvalue weighted by atomic mass is 32.2. The molecule has 9 heteroatoms. The van der Waals surface area contributed by atoms with Gasteiger partial charge in [0.15, 0.2) is 5.16 Å². The average Bonchev–Trinajstić information content (AvgIpc) is 2.55. The van der Waals surface area contributed by atoms with Crippen LogP contribution in [0.2, 0.25) is 0 Å². The maximum absolute atomic E-state index is 11.2. The molecule has 1 fully saturated rings. The molecule has 0 radical (unpaired) electrons. The number of nitrogen functional groups attached to an aromatic ring is 1. The molecule has 1 aliphatic heterocycles. The first kappa shape index (κ1) is 13.3. The Labute approximate surface area is 106 Å². The maximum atomic E-state index is 11.2. The fraction of sp³-hybridized carbons (Fsp3) is 0.556. The highest BCUT2D eigenvalue weighted by Gasteiger charge is 2.43. The number of anilines is 1. The molecule has 1 saturated heterocycles. The van der Waals surface area contributed by atoms with Gasteiger partial charge in [-0.2, -0.15) is 0 Å². The maximum Gasteiger partial charge on any atom is 0.253 e. The van der Waals surface area contributed by atoms with Crippen LogP contribution in [0.25, 0.3) is 0 Å². The van der Waals surface area contributed by atoms with Gasteiger partial charge in [-0.1, -0.05) is 11.8 Å². The molecule has 1 aliphatic rings. The standard InChI is InChI=1S/C9H13N3O5S/c10-4-1-5(14)12-9(11-4)18-8-7(16)6(15)3(2-13)17-8/h1,3,6-8,13,15-16H,2H2,(H3,10,11,12,14)/t3-,6+,7-,8-/m0/s1. The number of aliphatic hydroxyl groups is 3. The number of hydrogen-bond acceptors (Lipinski definition) is 8. The molecular weight excluding hydrogens is 262 g/mol. The zero-order valence-corrected chi connectivity index (χ0v) is 10.0. The van der Waals surface area contributed by atoms with Crippen molar-refractivity contribution < 1.29 is 20.1 Å². The molecule has 100 valence electrons. The molecular formula is C9H13N3O5S. The van der Waals surface area contributed by atoms with Gasteiger partial charge in [-0.3, -0.25) is 4.79 Å². The van der Waals surface area contributed by atoms with E-state index in [1.54, 1.807) is 0 Å². The van der Waals surface area contributed by atoms with Crippen LogP contribution in [-0.2, 0) is 4.74 Å². The number of nitrogens with zero attached hydrogens (tertiary/aromatic N) is 1. The van der Waals surface area contributed by atoms with Crippen molar-refractivity contribution in [2.75, 3.05) is 12.3 Å². The van der Waals surface area contributed by atoms with Crippen LogP contribution in [0.4, 0.5) is 5.82 Å². The van der Waals surface area contributed by atoms with Gasteiger partial charge in [-0.25, -0.2) is 4.98 Å². The molecule has 0 unspecified atom stereocenters. The summed E-state index contributed by atoms with van der Waals surface area (Å²) in [4.78, 5) is 17.5. The molecule has 0 aliphatic carbocycles. The highest BCUT2D eigenvalue weighted by molar-refractivity contribution is 7.99. The number of ether oxygens (including phenoxy) is 1. The van der Waals surface area contributed by atoms with Gasteiger partial charge in [-0.15, -0.1) is 0 Å². The van der Waals surface area contributed by atoms with E-state index >= 15 is 0 Å². The first-order chi connectivity index (χ1) is 8.51. The van der Waals surface area contributed by atoms with Gasteiger partial charge in [0.25, 0.3) is 5.56 Å². The van der Waals surface area contributed by atoms with E-state index in [0.29, 0.717) is 0 Å². The van der Waals surface area contributed by atoms with Crippen LogP contribution < -0.4 is 11.3 Å². The zero-order chi connectivity index (χ0) is 13.3. The number of nitrogens with one attached hydrogen (secondary N) is 1. The van der Waals surface area contributed by atoms with Crippen molar-refractivity contribution in [2.24, 2.45) is 0 Å². The molecule has 0 amide bonds. The number of nitrogens with two attached hydrogens (primary N) is 1. The van der Waals surface area contributed by atoms with Crippen LogP contribution in [0.3, 0.4) is 0 Å². The number of hydrogen-bond donors (Lipinski definition) is 5. The molecule has 0 saturated carbocycles. The molecule has 4 atom stereocenters. The number of aromatic amines is 1. The molecule has 1 aromatic heterocycles. The van der Waals surface area contributed by atoms with E-state index in [2.05, 4.69) is 9.97 Å². The SMILES string of the molecule is Nc1cc(=O)[nH]c(S[C@@H]2O[C@@H](CO)[C@@H](O)[C@@H]2O)n1. The summed E-state index contributed by atoms with van der Waals surface area (Å²) in [5.74, 6) is 0.0491. The lowest BCUT2D eigenvalue weighted by molar-refractivity contribution is -0.00810. The number of rotatable bonds is 3. The molecule has 6 N–H and O–H groups in total. The highest BCUT2D eigenvalue weighted by Crippen LogP contribution is 2.32. The third-order valence-corrected chi connectivity index (χ3v) is 3.50. The van der Waals surface area contributed by atoms with Crippen molar-refractivity contribution >= 4 is 17.6 Å². The summed E-state index contributed by atoms with van der Waals surface area (Å²) in [6, 6.07) is 1.13. The van der Waals surface area contributed by atoms with Gasteiger partial charge < -0.3 is 30.8 Å². The molecule has 0 bridgehead atoms. The molecule has 18 heavy (non-hydrogen) atoms. The topological polar surface area (TPSA) is 142 Å². The first-order valence-electron chi connectivity index (χ1n) is 5.17. The first-order valence-corrected chi connectivity index (χ1v) is 6.05. The summed E-state index contributed by atoms with van der Waals surface area (Å²) in [5.41, 5.74) is 4.16. The second-order valence-corrected chi connectivity index (χ2v) is 4.89. The van der Waals surface area contributed by atoms with Crippen molar-refractivity contribution in [3.63, 3.8) is 0 Å². The summed E-state index contributed by atoms with van der Waals surface area (Å²) >= 11 is 0.921.